The lowest BCUT2D eigenvalue weighted by Gasteiger charge is -2.00. The van der Waals surface area contributed by atoms with Crippen molar-refractivity contribution in [3.8, 4) is 0 Å². The summed E-state index contributed by atoms with van der Waals surface area (Å²) in [6.07, 6.45) is 3.09. The zero-order chi connectivity index (χ0) is 9.36. The van der Waals surface area contributed by atoms with Crippen molar-refractivity contribution < 1.29 is 5.11 Å². The van der Waals surface area contributed by atoms with Crippen molar-refractivity contribution in [2.45, 2.75) is 25.8 Å². The first-order valence-corrected chi connectivity index (χ1v) is 5.34. The molecule has 13 heavy (non-hydrogen) atoms. The third-order valence-electron chi connectivity index (χ3n) is 1.72. The molecule has 5 heteroatoms. The van der Waals surface area contributed by atoms with Crippen LogP contribution < -0.4 is 5.32 Å². The quantitative estimate of drug-likeness (QED) is 0.640. The smallest absolute Gasteiger partial charge is 0.0893 e. The Labute approximate surface area is 82.2 Å². The molecule has 4 nitrogen and oxygen atoms in total. The molecule has 0 saturated carbocycles. The molecular formula is C8H15N3OS. The molecule has 0 atom stereocenters. The normalized spacial score (nSPS) is 10.5. The minimum absolute atomic E-state index is 0.302. The Kier molecular flexibility index (Phi) is 5.64. The maximum Gasteiger partial charge on any atom is 0.0893 e. The van der Waals surface area contributed by atoms with Crippen LogP contribution in [0.2, 0.25) is 0 Å². The minimum Gasteiger partial charge on any atom is -0.396 e. The predicted molar refractivity (Wildman–Crippen MR) is 52.6 cm³/mol. The summed E-state index contributed by atoms with van der Waals surface area (Å²) in [6, 6.07) is 0. The Balaban J connectivity index is 1.90. The highest BCUT2D eigenvalue weighted by atomic mass is 32.1. The van der Waals surface area contributed by atoms with E-state index in [9.17, 15) is 0 Å². The lowest BCUT2D eigenvalue weighted by Crippen LogP contribution is -2.14. The standard InChI is InChI=1S/C8H15N3OS/c12-5-3-1-2-4-9-6-8-7-13-11-10-8/h7,9,12H,1-6H2. The van der Waals surface area contributed by atoms with E-state index in [1.807, 2.05) is 5.38 Å². The van der Waals surface area contributed by atoms with Gasteiger partial charge in [0, 0.05) is 18.5 Å². The average molecular weight is 201 g/mol. The van der Waals surface area contributed by atoms with Gasteiger partial charge in [-0.05, 0) is 37.3 Å². The van der Waals surface area contributed by atoms with Crippen LogP contribution in [0.1, 0.15) is 25.0 Å². The molecule has 2 N–H and O–H groups in total. The van der Waals surface area contributed by atoms with Crippen LogP contribution in [-0.2, 0) is 6.54 Å². The van der Waals surface area contributed by atoms with Crippen LogP contribution in [0.5, 0.6) is 0 Å². The number of rotatable bonds is 7. The van der Waals surface area contributed by atoms with Gasteiger partial charge in [0.15, 0.2) is 0 Å². The van der Waals surface area contributed by atoms with Gasteiger partial charge in [-0.15, -0.1) is 5.10 Å². The largest absolute Gasteiger partial charge is 0.396 e. The second-order valence-electron chi connectivity index (χ2n) is 2.86. The van der Waals surface area contributed by atoms with Crippen molar-refractivity contribution in [3.63, 3.8) is 0 Å². The minimum atomic E-state index is 0.302. The van der Waals surface area contributed by atoms with Gasteiger partial charge < -0.3 is 10.4 Å². The maximum absolute atomic E-state index is 8.54. The molecule has 1 aromatic heterocycles. The van der Waals surface area contributed by atoms with E-state index in [2.05, 4.69) is 14.9 Å². The van der Waals surface area contributed by atoms with Gasteiger partial charge in [-0.25, -0.2) is 0 Å². The molecule has 0 saturated heterocycles. The van der Waals surface area contributed by atoms with Crippen molar-refractivity contribution >= 4 is 11.5 Å². The fourth-order valence-electron chi connectivity index (χ4n) is 1.02. The van der Waals surface area contributed by atoms with E-state index < -0.39 is 0 Å². The van der Waals surface area contributed by atoms with Gasteiger partial charge in [0.05, 0.1) is 5.69 Å². The van der Waals surface area contributed by atoms with Crippen LogP contribution in [0.25, 0.3) is 0 Å². The van der Waals surface area contributed by atoms with Gasteiger partial charge in [-0.1, -0.05) is 4.49 Å². The van der Waals surface area contributed by atoms with E-state index in [-0.39, 0.29) is 0 Å². The van der Waals surface area contributed by atoms with Crippen molar-refractivity contribution in [1.29, 1.82) is 0 Å². The molecular weight excluding hydrogens is 186 g/mol. The molecule has 0 aliphatic heterocycles. The van der Waals surface area contributed by atoms with Crippen LogP contribution in [-0.4, -0.2) is 27.8 Å². The average Bonchev–Trinajstić information content (AvgIpc) is 2.63. The summed E-state index contributed by atoms with van der Waals surface area (Å²) in [4.78, 5) is 0. The maximum atomic E-state index is 8.54. The van der Waals surface area contributed by atoms with E-state index in [4.69, 9.17) is 5.11 Å². The lowest BCUT2D eigenvalue weighted by atomic mass is 10.2. The first-order chi connectivity index (χ1) is 6.43. The van der Waals surface area contributed by atoms with Crippen molar-refractivity contribution in [1.82, 2.24) is 14.9 Å². The molecule has 0 aromatic carbocycles. The highest BCUT2D eigenvalue weighted by molar-refractivity contribution is 7.03. The zero-order valence-electron chi connectivity index (χ0n) is 7.57. The number of nitrogens with one attached hydrogen (secondary N) is 1. The second-order valence-corrected chi connectivity index (χ2v) is 3.47. The fourth-order valence-corrected chi connectivity index (χ4v) is 1.47. The second kappa shape index (κ2) is 6.94. The molecule has 0 radical (unpaired) electrons. The van der Waals surface area contributed by atoms with Gasteiger partial charge in [-0.2, -0.15) is 0 Å². The number of aliphatic hydroxyl groups excluding tert-OH is 1. The highest BCUT2D eigenvalue weighted by Gasteiger charge is 1.94. The molecule has 74 valence electrons. The third kappa shape index (κ3) is 4.92. The molecule has 1 heterocycles. The molecule has 0 aliphatic rings. The SMILES string of the molecule is OCCCCCNCc1csnn1. The van der Waals surface area contributed by atoms with Crippen LogP contribution >= 0.6 is 11.5 Å². The molecule has 0 spiro atoms. The van der Waals surface area contributed by atoms with E-state index in [1.165, 1.54) is 11.5 Å². The Bertz CT molecular complexity index is 203. The number of unbranched alkanes of at least 4 members (excludes halogenated alkanes) is 2. The molecule has 0 fully saturated rings. The summed E-state index contributed by atoms with van der Waals surface area (Å²) in [5.74, 6) is 0. The van der Waals surface area contributed by atoms with Crippen LogP contribution in [0.4, 0.5) is 0 Å². The summed E-state index contributed by atoms with van der Waals surface area (Å²) < 4.78 is 3.77. The Morgan fingerprint density at radius 2 is 2.31 bits per heavy atom. The summed E-state index contributed by atoms with van der Waals surface area (Å²) in [5.41, 5.74) is 1.01. The summed E-state index contributed by atoms with van der Waals surface area (Å²) in [7, 11) is 0. The first kappa shape index (κ1) is 10.6. The third-order valence-corrected chi connectivity index (χ3v) is 2.28. The summed E-state index contributed by atoms with van der Waals surface area (Å²) >= 11 is 1.38. The highest BCUT2D eigenvalue weighted by Crippen LogP contribution is 1.96. The molecule has 1 rings (SSSR count). The first-order valence-electron chi connectivity index (χ1n) is 4.51. The molecule has 1 aromatic rings. The zero-order valence-corrected chi connectivity index (χ0v) is 8.39. The molecule has 0 unspecified atom stereocenters. The summed E-state index contributed by atoms with van der Waals surface area (Å²) in [6.45, 7) is 2.09. The Hall–Kier alpha value is -0.520. The Morgan fingerprint density at radius 1 is 1.38 bits per heavy atom. The van der Waals surface area contributed by atoms with Crippen LogP contribution in [0.3, 0.4) is 0 Å². The summed E-state index contributed by atoms with van der Waals surface area (Å²) in [5, 5.41) is 17.7. The van der Waals surface area contributed by atoms with E-state index in [0.717, 1.165) is 38.0 Å². The fraction of sp³-hybridized carbons (Fsp3) is 0.750. The van der Waals surface area contributed by atoms with Gasteiger partial charge in [0.2, 0.25) is 0 Å². The van der Waals surface area contributed by atoms with Gasteiger partial charge in [0.1, 0.15) is 0 Å². The molecule has 0 bridgehead atoms. The van der Waals surface area contributed by atoms with Gasteiger partial charge >= 0.3 is 0 Å². The Morgan fingerprint density at radius 3 is 3.00 bits per heavy atom. The monoisotopic (exact) mass is 201 g/mol. The van der Waals surface area contributed by atoms with Crippen LogP contribution in [0.15, 0.2) is 5.38 Å². The number of aliphatic hydroxyl groups is 1. The molecule has 0 aliphatic carbocycles. The predicted octanol–water partition coefficient (Wildman–Crippen LogP) is 0.790. The van der Waals surface area contributed by atoms with Crippen molar-refractivity contribution in [2.75, 3.05) is 13.2 Å². The van der Waals surface area contributed by atoms with Gasteiger partial charge in [0.25, 0.3) is 0 Å². The number of hydrogen-bond acceptors (Lipinski definition) is 5. The number of nitrogens with zero attached hydrogens (tertiary/aromatic N) is 2. The van der Waals surface area contributed by atoms with Crippen LogP contribution in [0, 0.1) is 0 Å². The van der Waals surface area contributed by atoms with E-state index >= 15 is 0 Å². The molecule has 0 amide bonds. The van der Waals surface area contributed by atoms with Gasteiger partial charge in [-0.3, -0.25) is 0 Å². The number of aromatic nitrogens is 2. The van der Waals surface area contributed by atoms with E-state index in [0.29, 0.717) is 6.61 Å². The van der Waals surface area contributed by atoms with E-state index in [1.54, 1.807) is 0 Å². The topological polar surface area (TPSA) is 58.0 Å². The van der Waals surface area contributed by atoms with Crippen molar-refractivity contribution in [2.24, 2.45) is 0 Å². The lowest BCUT2D eigenvalue weighted by molar-refractivity contribution is 0.283. The number of hydrogen-bond donors (Lipinski definition) is 2. The van der Waals surface area contributed by atoms with Crippen molar-refractivity contribution in [3.05, 3.63) is 11.1 Å².